The summed E-state index contributed by atoms with van der Waals surface area (Å²) in [7, 11) is 0. The minimum atomic E-state index is -4.77. The summed E-state index contributed by atoms with van der Waals surface area (Å²) in [6, 6.07) is 10.1. The number of halogens is 4. The van der Waals surface area contributed by atoms with Gasteiger partial charge in [-0.15, -0.1) is 13.2 Å². The molecule has 0 aromatic heterocycles. The van der Waals surface area contributed by atoms with Crippen LogP contribution in [0.4, 0.5) is 17.6 Å². The summed E-state index contributed by atoms with van der Waals surface area (Å²) in [5.74, 6) is -1.75. The Morgan fingerprint density at radius 1 is 1.16 bits per heavy atom. The maximum Gasteiger partial charge on any atom is 0.523 e. The number of hydrogen-bond acceptors (Lipinski definition) is 4. The molecule has 0 aliphatic heterocycles. The number of ether oxygens (including phenoxy) is 2. The van der Waals surface area contributed by atoms with Gasteiger partial charge in [0.25, 0.3) is 0 Å². The van der Waals surface area contributed by atoms with Crippen LogP contribution in [0.1, 0.15) is 34.5 Å². The Morgan fingerprint density at radius 3 is 2.32 bits per heavy atom. The number of hydrogen-bond donors (Lipinski definition) is 0. The molecule has 0 saturated heterocycles. The lowest BCUT2D eigenvalue weighted by atomic mass is 10.1. The quantitative estimate of drug-likeness (QED) is 0.461. The van der Waals surface area contributed by atoms with E-state index >= 15 is 0 Å². The molecule has 0 aliphatic carbocycles. The Morgan fingerprint density at radius 2 is 1.80 bits per heavy atom. The van der Waals surface area contributed by atoms with E-state index in [1.165, 1.54) is 37.3 Å². The van der Waals surface area contributed by atoms with Crippen molar-refractivity contribution in [3.05, 3.63) is 65.0 Å². The number of esters is 1. The van der Waals surface area contributed by atoms with Gasteiger partial charge in [-0.05, 0) is 36.8 Å². The van der Waals surface area contributed by atoms with Gasteiger partial charge in [0.2, 0.25) is 0 Å². The average Bonchev–Trinajstić information content (AvgIpc) is 2.53. The first-order chi connectivity index (χ1) is 11.7. The molecule has 0 heterocycles. The van der Waals surface area contributed by atoms with Crippen LogP contribution in [0.5, 0.6) is 5.75 Å². The standard InChI is InChI=1S/C17H11F4NO3/c1-10(25-17(19,20)21)11-2-4-12(5-3-11)16(23)24-14-7-6-13(9-22)15(18)8-14/h2-8,10H,1H3. The zero-order chi connectivity index (χ0) is 18.6. The highest BCUT2D eigenvalue weighted by Gasteiger charge is 2.32. The molecule has 0 amide bonds. The Hall–Kier alpha value is -2.92. The number of nitrogens with zero attached hydrogens (tertiary/aromatic N) is 1. The van der Waals surface area contributed by atoms with Gasteiger partial charge in [-0.1, -0.05) is 12.1 Å². The van der Waals surface area contributed by atoms with E-state index < -0.39 is 24.3 Å². The third-order valence-electron chi connectivity index (χ3n) is 3.20. The van der Waals surface area contributed by atoms with Crippen LogP contribution in [-0.4, -0.2) is 12.3 Å². The second-order valence-corrected chi connectivity index (χ2v) is 4.97. The third kappa shape index (κ3) is 5.02. The van der Waals surface area contributed by atoms with Crippen LogP contribution < -0.4 is 4.74 Å². The van der Waals surface area contributed by atoms with Gasteiger partial charge in [0, 0.05) is 6.07 Å². The number of alkyl halides is 3. The third-order valence-corrected chi connectivity index (χ3v) is 3.20. The Labute approximate surface area is 140 Å². The van der Waals surface area contributed by atoms with Crippen LogP contribution in [0.3, 0.4) is 0 Å². The van der Waals surface area contributed by atoms with E-state index in [0.29, 0.717) is 0 Å². The number of nitriles is 1. The van der Waals surface area contributed by atoms with E-state index in [1.807, 2.05) is 0 Å². The van der Waals surface area contributed by atoms with Crippen molar-refractivity contribution in [3.8, 4) is 11.8 Å². The average molecular weight is 353 g/mol. The molecule has 0 aliphatic rings. The molecule has 0 N–H and O–H groups in total. The summed E-state index contributed by atoms with van der Waals surface area (Å²) in [6.07, 6.45) is -6.01. The predicted octanol–water partition coefficient (Wildman–Crippen LogP) is 4.51. The highest BCUT2D eigenvalue weighted by Crippen LogP contribution is 2.27. The van der Waals surface area contributed by atoms with Crippen molar-refractivity contribution in [2.45, 2.75) is 19.4 Å². The van der Waals surface area contributed by atoms with E-state index in [0.717, 1.165) is 12.1 Å². The highest BCUT2D eigenvalue weighted by molar-refractivity contribution is 5.91. The second-order valence-electron chi connectivity index (χ2n) is 4.97. The van der Waals surface area contributed by atoms with Gasteiger partial charge in [-0.3, -0.25) is 4.74 Å². The number of carbonyl (C=O) groups excluding carboxylic acids is 1. The van der Waals surface area contributed by atoms with Crippen molar-refractivity contribution >= 4 is 5.97 Å². The zero-order valence-corrected chi connectivity index (χ0v) is 12.8. The fraction of sp³-hybridized carbons (Fsp3) is 0.176. The Bertz CT molecular complexity index is 810. The molecule has 0 spiro atoms. The summed E-state index contributed by atoms with van der Waals surface area (Å²) in [5, 5.41) is 8.63. The fourth-order valence-electron chi connectivity index (χ4n) is 1.97. The van der Waals surface area contributed by atoms with E-state index in [2.05, 4.69) is 4.74 Å². The smallest absolute Gasteiger partial charge is 0.423 e. The molecule has 0 bridgehead atoms. The SMILES string of the molecule is CC(OC(F)(F)F)c1ccc(C(=O)Oc2ccc(C#N)c(F)c2)cc1. The summed E-state index contributed by atoms with van der Waals surface area (Å²) in [6.45, 7) is 1.22. The molecule has 25 heavy (non-hydrogen) atoms. The first-order valence-electron chi connectivity index (χ1n) is 6.96. The minimum absolute atomic E-state index is 0.0627. The zero-order valence-electron chi connectivity index (χ0n) is 12.8. The Kier molecular flexibility index (Phi) is 5.39. The first kappa shape index (κ1) is 18.4. The first-order valence-corrected chi connectivity index (χ1v) is 6.96. The van der Waals surface area contributed by atoms with Crippen LogP contribution >= 0.6 is 0 Å². The van der Waals surface area contributed by atoms with Crippen molar-refractivity contribution < 1.29 is 31.8 Å². The molecular weight excluding hydrogens is 342 g/mol. The lowest BCUT2D eigenvalue weighted by Crippen LogP contribution is -2.16. The maximum absolute atomic E-state index is 13.5. The second kappa shape index (κ2) is 7.32. The molecule has 130 valence electrons. The van der Waals surface area contributed by atoms with Crippen LogP contribution in [0.15, 0.2) is 42.5 Å². The van der Waals surface area contributed by atoms with Gasteiger partial charge < -0.3 is 4.74 Å². The largest absolute Gasteiger partial charge is 0.523 e. The maximum atomic E-state index is 13.5. The monoisotopic (exact) mass is 353 g/mol. The molecule has 2 aromatic carbocycles. The highest BCUT2D eigenvalue weighted by atomic mass is 19.4. The van der Waals surface area contributed by atoms with Crippen LogP contribution in [0.25, 0.3) is 0 Å². The molecule has 0 saturated carbocycles. The van der Waals surface area contributed by atoms with Gasteiger partial charge in [-0.25, -0.2) is 9.18 Å². The summed E-state index contributed by atoms with van der Waals surface area (Å²) in [5.41, 5.74) is 0.0915. The van der Waals surface area contributed by atoms with Gasteiger partial charge >= 0.3 is 12.3 Å². The Balaban J connectivity index is 2.08. The van der Waals surface area contributed by atoms with Crippen molar-refractivity contribution in [1.29, 1.82) is 5.26 Å². The van der Waals surface area contributed by atoms with E-state index in [9.17, 15) is 22.4 Å². The van der Waals surface area contributed by atoms with Crippen molar-refractivity contribution in [3.63, 3.8) is 0 Å². The predicted molar refractivity (Wildman–Crippen MR) is 78.1 cm³/mol. The van der Waals surface area contributed by atoms with Crippen molar-refractivity contribution in [2.75, 3.05) is 0 Å². The molecule has 8 heteroatoms. The fourth-order valence-corrected chi connectivity index (χ4v) is 1.97. The van der Waals surface area contributed by atoms with Crippen LogP contribution in [0.2, 0.25) is 0 Å². The van der Waals surface area contributed by atoms with E-state index in [-0.39, 0.29) is 22.4 Å². The molecule has 2 rings (SSSR count). The number of carbonyl (C=O) groups is 1. The lowest BCUT2D eigenvalue weighted by Gasteiger charge is -2.15. The normalized spacial score (nSPS) is 12.3. The lowest BCUT2D eigenvalue weighted by molar-refractivity contribution is -0.342. The topological polar surface area (TPSA) is 59.3 Å². The number of rotatable bonds is 4. The van der Waals surface area contributed by atoms with Crippen LogP contribution in [0, 0.1) is 17.1 Å². The van der Waals surface area contributed by atoms with Crippen LogP contribution in [-0.2, 0) is 4.74 Å². The summed E-state index contributed by atoms with van der Waals surface area (Å²) < 4.78 is 58.8. The molecule has 0 radical (unpaired) electrons. The van der Waals surface area contributed by atoms with Crippen molar-refractivity contribution in [2.24, 2.45) is 0 Å². The van der Waals surface area contributed by atoms with Crippen molar-refractivity contribution in [1.82, 2.24) is 0 Å². The number of benzene rings is 2. The molecule has 2 aromatic rings. The van der Waals surface area contributed by atoms with E-state index in [4.69, 9.17) is 10.00 Å². The molecule has 0 fully saturated rings. The van der Waals surface area contributed by atoms with E-state index in [1.54, 1.807) is 6.07 Å². The molecular formula is C17H11F4NO3. The molecule has 1 unspecified atom stereocenters. The summed E-state index contributed by atoms with van der Waals surface area (Å²) in [4.78, 5) is 12.0. The van der Waals surface area contributed by atoms with Gasteiger partial charge in [0.15, 0.2) is 0 Å². The summed E-state index contributed by atoms with van der Waals surface area (Å²) >= 11 is 0. The van der Waals surface area contributed by atoms with Gasteiger partial charge in [-0.2, -0.15) is 5.26 Å². The van der Waals surface area contributed by atoms with Gasteiger partial charge in [0.05, 0.1) is 17.2 Å². The minimum Gasteiger partial charge on any atom is -0.423 e. The van der Waals surface area contributed by atoms with Gasteiger partial charge in [0.1, 0.15) is 17.6 Å². The molecule has 1 atom stereocenters. The molecule has 4 nitrogen and oxygen atoms in total.